The minimum atomic E-state index is -0.449. The van der Waals surface area contributed by atoms with Gasteiger partial charge in [0.1, 0.15) is 11.5 Å². The zero-order chi connectivity index (χ0) is 16.1. The Morgan fingerprint density at radius 3 is 2.59 bits per heavy atom. The average Bonchev–Trinajstić information content (AvgIpc) is 2.92. The van der Waals surface area contributed by atoms with Gasteiger partial charge in [-0.3, -0.25) is 20.4 Å². The number of hydrogen-bond acceptors (Lipinski definition) is 4. The van der Waals surface area contributed by atoms with E-state index in [4.69, 9.17) is 9.15 Å². The summed E-state index contributed by atoms with van der Waals surface area (Å²) in [5, 5.41) is 0. The molecule has 0 saturated heterocycles. The summed E-state index contributed by atoms with van der Waals surface area (Å²) in [6, 6.07) is 7.15. The standard InChI is InChI=1S/C16H18N2O4/c1-10-5-4-6-14(11(10)2)22-9-15(19)17-18-16(20)13-7-8-21-12(13)3/h4-8H,9H2,1-3H3,(H,17,19)(H,18,20). The molecule has 0 aliphatic carbocycles. The molecule has 0 spiro atoms. The maximum Gasteiger partial charge on any atom is 0.276 e. The molecular formula is C16H18N2O4. The number of hydrogen-bond donors (Lipinski definition) is 2. The van der Waals surface area contributed by atoms with Crippen molar-refractivity contribution in [3.63, 3.8) is 0 Å². The highest BCUT2D eigenvalue weighted by Crippen LogP contribution is 2.20. The number of aryl methyl sites for hydroxylation is 2. The van der Waals surface area contributed by atoms with Gasteiger partial charge in [0, 0.05) is 0 Å². The van der Waals surface area contributed by atoms with Crippen LogP contribution in [0.25, 0.3) is 0 Å². The van der Waals surface area contributed by atoms with Crippen LogP contribution in [0.1, 0.15) is 27.2 Å². The van der Waals surface area contributed by atoms with Gasteiger partial charge in [0.25, 0.3) is 11.8 Å². The van der Waals surface area contributed by atoms with Crippen LogP contribution in [0.4, 0.5) is 0 Å². The summed E-state index contributed by atoms with van der Waals surface area (Å²) in [4.78, 5) is 23.5. The second-order valence-electron chi connectivity index (χ2n) is 4.88. The fourth-order valence-corrected chi connectivity index (χ4v) is 1.87. The van der Waals surface area contributed by atoms with Crippen molar-refractivity contribution in [2.24, 2.45) is 0 Å². The monoisotopic (exact) mass is 302 g/mol. The van der Waals surface area contributed by atoms with Crippen molar-refractivity contribution in [1.29, 1.82) is 0 Å². The van der Waals surface area contributed by atoms with Gasteiger partial charge in [0.15, 0.2) is 6.61 Å². The van der Waals surface area contributed by atoms with E-state index in [0.29, 0.717) is 17.1 Å². The summed E-state index contributed by atoms with van der Waals surface area (Å²) in [6.45, 7) is 5.37. The van der Waals surface area contributed by atoms with Crippen molar-refractivity contribution in [3.8, 4) is 5.75 Å². The molecule has 0 fully saturated rings. The molecule has 1 aromatic carbocycles. The van der Waals surface area contributed by atoms with Crippen LogP contribution in [0.2, 0.25) is 0 Å². The number of carbonyl (C=O) groups is 2. The van der Waals surface area contributed by atoms with Crippen LogP contribution in [-0.4, -0.2) is 18.4 Å². The molecule has 2 aromatic rings. The number of furan rings is 1. The van der Waals surface area contributed by atoms with E-state index >= 15 is 0 Å². The highest BCUT2D eigenvalue weighted by Gasteiger charge is 2.12. The predicted molar refractivity (Wildman–Crippen MR) is 80.5 cm³/mol. The summed E-state index contributed by atoms with van der Waals surface area (Å²) in [6.07, 6.45) is 1.41. The average molecular weight is 302 g/mol. The van der Waals surface area contributed by atoms with E-state index in [1.807, 2.05) is 26.0 Å². The molecule has 0 atom stereocenters. The van der Waals surface area contributed by atoms with Crippen molar-refractivity contribution in [1.82, 2.24) is 10.9 Å². The highest BCUT2D eigenvalue weighted by atomic mass is 16.5. The van der Waals surface area contributed by atoms with Crippen molar-refractivity contribution in [2.45, 2.75) is 20.8 Å². The van der Waals surface area contributed by atoms with Crippen molar-refractivity contribution in [2.75, 3.05) is 6.61 Å². The van der Waals surface area contributed by atoms with Crippen LogP contribution < -0.4 is 15.6 Å². The predicted octanol–water partition coefficient (Wildman–Crippen LogP) is 2.04. The molecule has 0 saturated carbocycles. The van der Waals surface area contributed by atoms with Crippen LogP contribution in [-0.2, 0) is 4.79 Å². The van der Waals surface area contributed by atoms with Crippen LogP contribution in [0.5, 0.6) is 5.75 Å². The van der Waals surface area contributed by atoms with Crippen molar-refractivity contribution >= 4 is 11.8 Å². The second-order valence-corrected chi connectivity index (χ2v) is 4.88. The number of hydrazine groups is 1. The van der Waals surface area contributed by atoms with Gasteiger partial charge in [0.2, 0.25) is 0 Å². The van der Waals surface area contributed by atoms with Gasteiger partial charge in [-0.1, -0.05) is 12.1 Å². The number of amides is 2. The van der Waals surface area contributed by atoms with Crippen LogP contribution >= 0.6 is 0 Å². The third kappa shape index (κ3) is 3.66. The van der Waals surface area contributed by atoms with Gasteiger partial charge in [-0.15, -0.1) is 0 Å². The molecule has 2 rings (SSSR count). The maximum absolute atomic E-state index is 11.8. The lowest BCUT2D eigenvalue weighted by Gasteiger charge is -2.11. The molecule has 22 heavy (non-hydrogen) atoms. The van der Waals surface area contributed by atoms with Gasteiger partial charge in [-0.05, 0) is 44.0 Å². The first-order valence-electron chi connectivity index (χ1n) is 6.81. The summed E-state index contributed by atoms with van der Waals surface area (Å²) >= 11 is 0. The molecule has 2 N–H and O–H groups in total. The van der Waals surface area contributed by atoms with Gasteiger partial charge in [-0.2, -0.15) is 0 Å². The molecule has 0 aliphatic heterocycles. The van der Waals surface area contributed by atoms with E-state index in [9.17, 15) is 9.59 Å². The Hall–Kier alpha value is -2.76. The largest absolute Gasteiger partial charge is 0.483 e. The molecule has 6 heteroatoms. The quantitative estimate of drug-likeness (QED) is 0.847. The molecule has 0 unspecified atom stereocenters. The maximum atomic E-state index is 11.8. The van der Waals surface area contributed by atoms with Crippen molar-refractivity contribution < 1.29 is 18.7 Å². The van der Waals surface area contributed by atoms with E-state index < -0.39 is 11.8 Å². The number of benzene rings is 1. The third-order valence-corrected chi connectivity index (χ3v) is 3.33. The molecule has 0 bridgehead atoms. The molecule has 1 aromatic heterocycles. The van der Waals surface area contributed by atoms with E-state index in [1.165, 1.54) is 12.3 Å². The fraction of sp³-hybridized carbons (Fsp3) is 0.250. The number of nitrogens with one attached hydrogen (secondary N) is 2. The molecule has 6 nitrogen and oxygen atoms in total. The Labute approximate surface area is 128 Å². The molecule has 116 valence electrons. The van der Waals surface area contributed by atoms with Gasteiger partial charge in [-0.25, -0.2) is 0 Å². The van der Waals surface area contributed by atoms with Gasteiger partial charge < -0.3 is 9.15 Å². The molecule has 0 aliphatic rings. The lowest BCUT2D eigenvalue weighted by atomic mass is 10.1. The SMILES string of the molecule is Cc1cccc(OCC(=O)NNC(=O)c2ccoc2C)c1C. The van der Waals surface area contributed by atoms with E-state index in [-0.39, 0.29) is 6.61 Å². The zero-order valence-corrected chi connectivity index (χ0v) is 12.7. The summed E-state index contributed by atoms with van der Waals surface area (Å²) in [7, 11) is 0. The third-order valence-electron chi connectivity index (χ3n) is 3.33. The minimum absolute atomic E-state index is 0.186. The normalized spacial score (nSPS) is 10.1. The summed E-state index contributed by atoms with van der Waals surface area (Å²) in [5.74, 6) is 0.243. The Kier molecular flexibility index (Phi) is 4.83. The second kappa shape index (κ2) is 6.80. The van der Waals surface area contributed by atoms with E-state index in [0.717, 1.165) is 11.1 Å². The first kappa shape index (κ1) is 15.6. The lowest BCUT2D eigenvalue weighted by molar-refractivity contribution is -0.123. The Balaban J connectivity index is 1.82. The summed E-state index contributed by atoms with van der Waals surface area (Å²) in [5.41, 5.74) is 7.04. The Morgan fingerprint density at radius 1 is 1.14 bits per heavy atom. The number of ether oxygens (including phenoxy) is 1. The lowest BCUT2D eigenvalue weighted by Crippen LogP contribution is -2.43. The topological polar surface area (TPSA) is 80.6 Å². The first-order chi connectivity index (χ1) is 10.5. The number of rotatable bonds is 4. The molecule has 1 heterocycles. The number of carbonyl (C=O) groups excluding carboxylic acids is 2. The van der Waals surface area contributed by atoms with E-state index in [2.05, 4.69) is 10.9 Å². The summed E-state index contributed by atoms with van der Waals surface area (Å²) < 4.78 is 10.5. The minimum Gasteiger partial charge on any atom is -0.483 e. The van der Waals surface area contributed by atoms with Crippen molar-refractivity contribution in [3.05, 3.63) is 53.0 Å². The van der Waals surface area contributed by atoms with Gasteiger partial charge in [0.05, 0.1) is 11.8 Å². The molecule has 2 amide bonds. The molecule has 0 radical (unpaired) electrons. The molecular weight excluding hydrogens is 284 g/mol. The first-order valence-corrected chi connectivity index (χ1v) is 6.81. The smallest absolute Gasteiger partial charge is 0.276 e. The van der Waals surface area contributed by atoms with Gasteiger partial charge >= 0.3 is 0 Å². The van der Waals surface area contributed by atoms with Crippen LogP contribution in [0.15, 0.2) is 34.9 Å². The Morgan fingerprint density at radius 2 is 1.91 bits per heavy atom. The zero-order valence-electron chi connectivity index (χ0n) is 12.7. The Bertz CT molecular complexity index is 691. The van der Waals surface area contributed by atoms with E-state index in [1.54, 1.807) is 13.0 Å². The fourth-order valence-electron chi connectivity index (χ4n) is 1.87. The van der Waals surface area contributed by atoms with Crippen LogP contribution in [0, 0.1) is 20.8 Å². The van der Waals surface area contributed by atoms with Crippen LogP contribution in [0.3, 0.4) is 0 Å². The highest BCUT2D eigenvalue weighted by molar-refractivity contribution is 5.96.